The molecule has 0 radical (unpaired) electrons. The lowest BCUT2D eigenvalue weighted by Gasteiger charge is -1.86. The average molecular weight is 137 g/mol. The Morgan fingerprint density at radius 2 is 2.20 bits per heavy atom. The molecule has 2 heterocycles. The summed E-state index contributed by atoms with van der Waals surface area (Å²) >= 11 is 0. The largest absolute Gasteiger partial charge is 0.385 e. The molecule has 0 aliphatic rings. The topological polar surface area (TPSA) is 74.3 Å². The van der Waals surface area contributed by atoms with E-state index >= 15 is 0 Å². The highest BCUT2D eigenvalue weighted by Crippen LogP contribution is 2.08. The zero-order valence-corrected chi connectivity index (χ0v) is 5.23. The lowest BCUT2D eigenvalue weighted by Crippen LogP contribution is -2.08. The van der Waals surface area contributed by atoms with Gasteiger partial charge in [0.05, 0.1) is 0 Å². The Bertz CT molecular complexity index is 321. The molecule has 52 valence electrons. The second kappa shape index (κ2) is 1.44. The minimum absolute atomic E-state index is 0.645. The number of nitrogens with two attached hydrogens (primary N) is 2. The first-order valence-electron chi connectivity index (χ1n) is 2.84. The van der Waals surface area contributed by atoms with Gasteiger partial charge in [0.25, 0.3) is 0 Å². The highest BCUT2D eigenvalue weighted by Gasteiger charge is 2.00. The van der Waals surface area contributed by atoms with Crippen molar-refractivity contribution in [3.05, 3.63) is 18.5 Å². The van der Waals surface area contributed by atoms with E-state index in [0.717, 1.165) is 5.65 Å². The molecule has 0 saturated heterocycles. The van der Waals surface area contributed by atoms with Gasteiger partial charge in [0, 0.05) is 0 Å². The van der Waals surface area contributed by atoms with Crippen LogP contribution >= 0.6 is 0 Å². The van der Waals surface area contributed by atoms with Crippen molar-refractivity contribution in [2.24, 2.45) is 0 Å². The molecule has 5 heteroatoms. The molecule has 0 bridgehead atoms. The van der Waals surface area contributed by atoms with Crippen molar-refractivity contribution in [2.45, 2.75) is 0 Å². The monoisotopic (exact) mass is 137 g/mol. The molecule has 0 aliphatic carbocycles. The van der Waals surface area contributed by atoms with Crippen molar-refractivity contribution in [3.8, 4) is 0 Å². The van der Waals surface area contributed by atoms with E-state index in [-0.39, 0.29) is 0 Å². The van der Waals surface area contributed by atoms with Gasteiger partial charge in [-0.05, 0) is 12.1 Å². The quantitative estimate of drug-likeness (QED) is 0.477. The maximum absolute atomic E-state index is 5.54. The Balaban J connectivity index is 2.95. The second-order valence-corrected chi connectivity index (χ2v) is 2.06. The molecule has 0 unspecified atom stereocenters. The van der Waals surface area contributed by atoms with Crippen LogP contribution in [0.4, 0.5) is 5.82 Å². The summed E-state index contributed by atoms with van der Waals surface area (Å²) < 4.78 is 1.71. The normalized spacial score (nSPS) is 10.8. The lowest BCUT2D eigenvalue weighted by molar-refractivity contribution is 0.863. The molecule has 4 N–H and O–H groups in total. The van der Waals surface area contributed by atoms with Gasteiger partial charge in [0.1, 0.15) is 12.1 Å². The zero-order chi connectivity index (χ0) is 7.14. The van der Waals surface area contributed by atoms with Gasteiger partial charge in [-0.2, -0.15) is 4.79 Å². The van der Waals surface area contributed by atoms with E-state index in [4.69, 9.17) is 11.6 Å². The SMILES string of the molecule is Nc1ccc2n(N)ncn12. The summed E-state index contributed by atoms with van der Waals surface area (Å²) in [6, 6.07) is 3.59. The van der Waals surface area contributed by atoms with E-state index in [1.54, 1.807) is 16.8 Å². The van der Waals surface area contributed by atoms with Gasteiger partial charge in [0.2, 0.25) is 0 Å². The molecule has 0 amide bonds. The first-order valence-corrected chi connectivity index (χ1v) is 2.84. The Morgan fingerprint density at radius 1 is 1.40 bits per heavy atom. The third-order valence-electron chi connectivity index (χ3n) is 1.45. The first-order chi connectivity index (χ1) is 4.79. The number of nitrogen functional groups attached to an aromatic ring is 2. The smallest absolute Gasteiger partial charge is 0.159 e. The molecular weight excluding hydrogens is 130 g/mol. The minimum atomic E-state index is 0.645. The average Bonchev–Trinajstić information content (AvgIpc) is 2.41. The Labute approximate surface area is 56.8 Å². The standard InChI is InChI=1S/C5H7N5/c6-4-1-2-5-9(4)3-8-10(5)7/h1-3H,6-7H2. The molecule has 2 aromatic heterocycles. The van der Waals surface area contributed by atoms with Crippen LogP contribution in [0, 0.1) is 0 Å². The van der Waals surface area contributed by atoms with E-state index in [1.807, 2.05) is 6.07 Å². The van der Waals surface area contributed by atoms with E-state index in [0.29, 0.717) is 5.82 Å². The molecule has 0 saturated carbocycles. The number of nitrogens with zero attached hydrogens (tertiary/aromatic N) is 3. The van der Waals surface area contributed by atoms with Gasteiger partial charge >= 0.3 is 0 Å². The maximum Gasteiger partial charge on any atom is 0.159 e. The van der Waals surface area contributed by atoms with Crippen LogP contribution in [0.2, 0.25) is 0 Å². The van der Waals surface area contributed by atoms with Crippen molar-refractivity contribution in [1.82, 2.24) is 14.3 Å². The van der Waals surface area contributed by atoms with Crippen LogP contribution < -0.4 is 11.6 Å². The van der Waals surface area contributed by atoms with E-state index in [2.05, 4.69) is 5.10 Å². The van der Waals surface area contributed by atoms with Gasteiger partial charge in [-0.3, -0.25) is 4.40 Å². The van der Waals surface area contributed by atoms with Crippen molar-refractivity contribution in [1.29, 1.82) is 0 Å². The molecular formula is C5H7N5. The first kappa shape index (κ1) is 5.16. The molecule has 0 spiro atoms. The third kappa shape index (κ3) is 0.439. The van der Waals surface area contributed by atoms with Crippen LogP contribution in [0.25, 0.3) is 5.65 Å². The van der Waals surface area contributed by atoms with Crippen molar-refractivity contribution < 1.29 is 0 Å². The summed E-state index contributed by atoms with van der Waals surface area (Å²) in [5.41, 5.74) is 6.33. The fourth-order valence-corrected chi connectivity index (χ4v) is 0.932. The molecule has 5 nitrogen and oxygen atoms in total. The zero-order valence-electron chi connectivity index (χ0n) is 5.23. The Morgan fingerprint density at radius 3 is 2.90 bits per heavy atom. The van der Waals surface area contributed by atoms with Crippen LogP contribution in [0.5, 0.6) is 0 Å². The number of fused-ring (bicyclic) bond motifs is 1. The number of rotatable bonds is 0. The van der Waals surface area contributed by atoms with Gasteiger partial charge < -0.3 is 11.6 Å². The molecule has 0 atom stereocenters. The Hall–Kier alpha value is -1.65. The fraction of sp³-hybridized carbons (Fsp3) is 0. The van der Waals surface area contributed by atoms with Gasteiger partial charge in [-0.25, -0.2) is 0 Å². The molecule has 0 aliphatic heterocycles. The predicted molar refractivity (Wildman–Crippen MR) is 37.7 cm³/mol. The van der Waals surface area contributed by atoms with Crippen molar-refractivity contribution in [3.63, 3.8) is 0 Å². The Kier molecular flexibility index (Phi) is 0.743. The summed E-state index contributed by atoms with van der Waals surface area (Å²) in [6.07, 6.45) is 1.57. The van der Waals surface area contributed by atoms with E-state index in [9.17, 15) is 0 Å². The highest BCUT2D eigenvalue weighted by atomic mass is 15.5. The predicted octanol–water partition coefficient (Wildman–Crippen LogP) is -0.568. The highest BCUT2D eigenvalue weighted by molar-refractivity contribution is 5.50. The van der Waals surface area contributed by atoms with Gasteiger partial charge in [-0.15, -0.1) is 5.10 Å². The number of anilines is 1. The van der Waals surface area contributed by atoms with Crippen molar-refractivity contribution in [2.75, 3.05) is 11.6 Å². The molecule has 10 heavy (non-hydrogen) atoms. The summed E-state index contributed by atoms with van der Waals surface area (Å²) in [4.78, 5) is 1.27. The van der Waals surface area contributed by atoms with Crippen molar-refractivity contribution >= 4 is 11.5 Å². The third-order valence-corrected chi connectivity index (χ3v) is 1.45. The number of hydrogen-bond acceptors (Lipinski definition) is 3. The van der Waals surface area contributed by atoms with Crippen LogP contribution in [0.1, 0.15) is 0 Å². The summed E-state index contributed by atoms with van der Waals surface area (Å²) in [6.45, 7) is 0. The van der Waals surface area contributed by atoms with Crippen LogP contribution in [-0.4, -0.2) is 14.3 Å². The summed E-state index contributed by atoms with van der Waals surface area (Å²) in [7, 11) is 0. The van der Waals surface area contributed by atoms with Crippen LogP contribution in [0.3, 0.4) is 0 Å². The molecule has 2 aromatic rings. The fourth-order valence-electron chi connectivity index (χ4n) is 0.932. The summed E-state index contributed by atoms with van der Waals surface area (Å²) in [5, 5.41) is 3.79. The minimum Gasteiger partial charge on any atom is -0.385 e. The van der Waals surface area contributed by atoms with Gasteiger partial charge in [-0.1, -0.05) is 0 Å². The van der Waals surface area contributed by atoms with Crippen LogP contribution in [-0.2, 0) is 0 Å². The van der Waals surface area contributed by atoms with Crippen LogP contribution in [0.15, 0.2) is 18.5 Å². The number of hydrogen-bond donors (Lipinski definition) is 2. The molecule has 0 fully saturated rings. The molecule has 0 aromatic carbocycles. The lowest BCUT2D eigenvalue weighted by atomic mass is 10.6. The van der Waals surface area contributed by atoms with E-state index < -0.39 is 0 Å². The molecule has 2 rings (SSSR count). The maximum atomic E-state index is 5.54. The van der Waals surface area contributed by atoms with Gasteiger partial charge in [0.15, 0.2) is 5.65 Å². The number of aromatic nitrogens is 3. The van der Waals surface area contributed by atoms with E-state index in [1.165, 1.54) is 4.79 Å². The second-order valence-electron chi connectivity index (χ2n) is 2.06. The summed E-state index contributed by atoms with van der Waals surface area (Å²) in [5.74, 6) is 6.06.